The van der Waals surface area contributed by atoms with Gasteiger partial charge in [0, 0.05) is 33.0 Å². The predicted octanol–water partition coefficient (Wildman–Crippen LogP) is 7.55. The molecule has 1 atom stereocenters. The molecule has 2 aromatic carbocycles. The smallest absolute Gasteiger partial charge is 0.339 e. The Labute approximate surface area is 233 Å². The number of nitriles is 1. The molecule has 0 saturated carbocycles. The summed E-state index contributed by atoms with van der Waals surface area (Å²) in [6.45, 7) is 11.1. The highest BCUT2D eigenvalue weighted by molar-refractivity contribution is 6.30. The highest BCUT2D eigenvalue weighted by Gasteiger charge is 2.34. The van der Waals surface area contributed by atoms with Gasteiger partial charge in [0.2, 0.25) is 0 Å². The van der Waals surface area contributed by atoms with Crippen LogP contribution in [0.15, 0.2) is 53.1 Å². The van der Waals surface area contributed by atoms with E-state index in [4.69, 9.17) is 30.6 Å². The van der Waals surface area contributed by atoms with Crippen LogP contribution in [-0.2, 0) is 14.3 Å². The summed E-state index contributed by atoms with van der Waals surface area (Å²) in [6.07, 6.45) is -1.10. The third-order valence-electron chi connectivity index (χ3n) is 6.30. The summed E-state index contributed by atoms with van der Waals surface area (Å²) in [4.78, 5) is 17.9. The second kappa shape index (κ2) is 11.0. The van der Waals surface area contributed by atoms with Gasteiger partial charge in [-0.15, -0.1) is 0 Å². The maximum atomic E-state index is 13.0. The van der Waals surface area contributed by atoms with E-state index in [0.717, 1.165) is 28.1 Å². The highest BCUT2D eigenvalue weighted by atomic mass is 35.5. The van der Waals surface area contributed by atoms with Gasteiger partial charge in [-0.3, -0.25) is 4.98 Å². The monoisotopic (exact) mass is 543 g/mol. The van der Waals surface area contributed by atoms with E-state index in [2.05, 4.69) is 11.2 Å². The van der Waals surface area contributed by atoms with Gasteiger partial charge in [0.15, 0.2) is 6.10 Å². The van der Waals surface area contributed by atoms with E-state index in [1.165, 1.54) is 7.11 Å². The Hall–Kier alpha value is -3.99. The van der Waals surface area contributed by atoms with Crippen LogP contribution >= 0.6 is 11.6 Å². The summed E-state index contributed by atoms with van der Waals surface area (Å²) in [5.41, 5.74) is 5.84. The van der Waals surface area contributed by atoms with Crippen LogP contribution in [-0.4, -0.2) is 28.8 Å². The van der Waals surface area contributed by atoms with Crippen LogP contribution in [0.1, 0.15) is 55.2 Å². The van der Waals surface area contributed by atoms with Crippen LogP contribution in [0.5, 0.6) is 0 Å². The molecule has 0 aliphatic rings. The zero-order valence-corrected chi connectivity index (χ0v) is 23.8. The number of esters is 1. The molecular weight excluding hydrogens is 514 g/mol. The largest absolute Gasteiger partial charge is 0.467 e. The van der Waals surface area contributed by atoms with Crippen molar-refractivity contribution in [3.8, 4) is 39.6 Å². The van der Waals surface area contributed by atoms with E-state index in [0.29, 0.717) is 38.7 Å². The topological polar surface area (TPSA) is 98.2 Å². The van der Waals surface area contributed by atoms with Crippen LogP contribution < -0.4 is 0 Å². The molecule has 0 aliphatic carbocycles. The second-order valence-electron chi connectivity index (χ2n) is 10.2. The summed E-state index contributed by atoms with van der Waals surface area (Å²) in [5.74, 6) is 0.152. The molecule has 2 heterocycles. The number of benzene rings is 2. The summed E-state index contributed by atoms with van der Waals surface area (Å²) >= 11 is 6.19. The average Bonchev–Trinajstić information content (AvgIpc) is 3.24. The molecule has 0 amide bonds. The van der Waals surface area contributed by atoms with E-state index < -0.39 is 17.7 Å². The molecule has 0 aliphatic heterocycles. The molecule has 0 saturated heterocycles. The molecule has 2 aromatic heterocycles. The minimum atomic E-state index is -1.10. The maximum absolute atomic E-state index is 13.0. The summed E-state index contributed by atoms with van der Waals surface area (Å²) in [7, 11) is 1.31. The van der Waals surface area contributed by atoms with E-state index >= 15 is 0 Å². The first kappa shape index (κ1) is 28.0. The molecule has 39 heavy (non-hydrogen) atoms. The Bertz CT molecular complexity index is 1540. The first-order chi connectivity index (χ1) is 18.4. The number of hydrogen-bond donors (Lipinski definition) is 0. The number of methoxy groups -OCH3 is 1. The number of carbonyl (C=O) groups excluding carboxylic acids is 1. The van der Waals surface area contributed by atoms with Gasteiger partial charge < -0.3 is 14.0 Å². The molecule has 1 unspecified atom stereocenters. The lowest BCUT2D eigenvalue weighted by molar-refractivity contribution is -0.164. The van der Waals surface area contributed by atoms with Gasteiger partial charge in [-0.25, -0.2) is 4.79 Å². The van der Waals surface area contributed by atoms with Crippen molar-refractivity contribution in [2.24, 2.45) is 0 Å². The van der Waals surface area contributed by atoms with Crippen LogP contribution in [0.25, 0.3) is 33.5 Å². The maximum Gasteiger partial charge on any atom is 0.339 e. The number of hydrogen-bond acceptors (Lipinski definition) is 7. The molecule has 0 fully saturated rings. The molecule has 4 aromatic rings. The molecule has 0 spiro atoms. The van der Waals surface area contributed by atoms with Crippen molar-refractivity contribution in [2.45, 2.75) is 53.2 Å². The first-order valence-electron chi connectivity index (χ1n) is 12.4. The normalized spacial score (nSPS) is 12.2. The van der Waals surface area contributed by atoms with Crippen molar-refractivity contribution in [1.82, 2.24) is 10.1 Å². The van der Waals surface area contributed by atoms with Gasteiger partial charge in [-0.2, -0.15) is 5.26 Å². The fourth-order valence-corrected chi connectivity index (χ4v) is 4.77. The van der Waals surface area contributed by atoms with Crippen LogP contribution in [0.2, 0.25) is 5.02 Å². The van der Waals surface area contributed by atoms with Gasteiger partial charge in [-0.1, -0.05) is 53.2 Å². The quantitative estimate of drug-likeness (QED) is 0.231. The van der Waals surface area contributed by atoms with E-state index in [-0.39, 0.29) is 0 Å². The van der Waals surface area contributed by atoms with E-state index in [1.54, 1.807) is 19.1 Å². The lowest BCUT2D eigenvalue weighted by Gasteiger charge is -2.29. The number of aromatic nitrogens is 2. The minimum absolute atomic E-state index is 0.314. The van der Waals surface area contributed by atoms with Crippen molar-refractivity contribution in [2.75, 3.05) is 7.11 Å². The Kier molecular flexibility index (Phi) is 7.91. The third kappa shape index (κ3) is 5.73. The number of carbonyl (C=O) groups is 1. The molecule has 0 N–H and O–H groups in total. The second-order valence-corrected chi connectivity index (χ2v) is 10.7. The Morgan fingerprint density at radius 3 is 2.03 bits per heavy atom. The number of ether oxygens (including phenoxy) is 2. The van der Waals surface area contributed by atoms with Crippen molar-refractivity contribution in [3.05, 3.63) is 81.8 Å². The Balaban J connectivity index is 1.98. The lowest BCUT2D eigenvalue weighted by atomic mass is 9.88. The van der Waals surface area contributed by atoms with Gasteiger partial charge >= 0.3 is 5.97 Å². The van der Waals surface area contributed by atoms with E-state index in [1.807, 2.05) is 71.0 Å². The Morgan fingerprint density at radius 1 is 0.949 bits per heavy atom. The predicted molar refractivity (Wildman–Crippen MR) is 150 cm³/mol. The fraction of sp³-hybridized carbons (Fsp3) is 0.290. The highest BCUT2D eigenvalue weighted by Crippen LogP contribution is 2.41. The van der Waals surface area contributed by atoms with Gasteiger partial charge in [0.05, 0.1) is 29.7 Å². The van der Waals surface area contributed by atoms with Crippen molar-refractivity contribution in [3.63, 3.8) is 0 Å². The van der Waals surface area contributed by atoms with Crippen molar-refractivity contribution >= 4 is 17.6 Å². The third-order valence-corrected chi connectivity index (χ3v) is 6.55. The number of rotatable bonds is 6. The standard InChI is InChI=1S/C31H30ClN3O4/c1-17-26(29(30(36)37-7)38-31(4,5)6)27(21-12-14-23(32)15-13-21)24(16-33)28(34-17)22-10-8-20(9-11-22)25-18(2)35-39-19(25)3/h8-15,29H,1-7H3. The molecular formula is C31H30ClN3O4. The lowest BCUT2D eigenvalue weighted by Crippen LogP contribution is -2.29. The number of nitrogens with zero attached hydrogens (tertiary/aromatic N) is 3. The van der Waals surface area contributed by atoms with Gasteiger partial charge in [0.25, 0.3) is 0 Å². The minimum Gasteiger partial charge on any atom is -0.467 e. The zero-order chi connectivity index (χ0) is 28.5. The van der Waals surface area contributed by atoms with E-state index in [9.17, 15) is 10.1 Å². The fourth-order valence-electron chi connectivity index (χ4n) is 4.65. The molecule has 0 bridgehead atoms. The average molecular weight is 544 g/mol. The van der Waals surface area contributed by atoms with Crippen LogP contribution in [0, 0.1) is 32.1 Å². The van der Waals surface area contributed by atoms with Crippen molar-refractivity contribution < 1.29 is 18.8 Å². The number of halogens is 1. The van der Waals surface area contributed by atoms with Gasteiger partial charge in [-0.05, 0) is 64.8 Å². The summed E-state index contributed by atoms with van der Waals surface area (Å²) in [5, 5.41) is 15.1. The molecule has 8 heteroatoms. The zero-order valence-electron chi connectivity index (χ0n) is 23.0. The molecule has 200 valence electrons. The SMILES string of the molecule is COC(=O)C(OC(C)(C)C)c1c(C)nc(-c2ccc(-c3c(C)noc3C)cc2)c(C#N)c1-c1ccc(Cl)cc1. The summed E-state index contributed by atoms with van der Waals surface area (Å²) < 4.78 is 16.7. The first-order valence-corrected chi connectivity index (χ1v) is 12.8. The number of aryl methyl sites for hydroxylation is 3. The van der Waals surface area contributed by atoms with Crippen molar-refractivity contribution in [1.29, 1.82) is 5.26 Å². The van der Waals surface area contributed by atoms with Crippen LogP contribution in [0.4, 0.5) is 0 Å². The van der Waals surface area contributed by atoms with Crippen LogP contribution in [0.3, 0.4) is 0 Å². The molecule has 4 rings (SSSR count). The molecule has 0 radical (unpaired) electrons. The number of pyridine rings is 1. The molecule has 7 nitrogen and oxygen atoms in total. The van der Waals surface area contributed by atoms with Gasteiger partial charge in [0.1, 0.15) is 11.8 Å². The summed E-state index contributed by atoms with van der Waals surface area (Å²) in [6, 6.07) is 17.2. The Morgan fingerprint density at radius 2 is 1.51 bits per heavy atom.